The molecule has 0 fully saturated rings. The summed E-state index contributed by atoms with van der Waals surface area (Å²) in [4.78, 5) is 10.3. The van der Waals surface area contributed by atoms with E-state index in [1.54, 1.807) is 13.1 Å². The van der Waals surface area contributed by atoms with Crippen molar-refractivity contribution in [1.29, 1.82) is 0 Å². The van der Waals surface area contributed by atoms with Gasteiger partial charge in [0.25, 0.3) is 5.69 Å². The molecule has 0 heterocycles. The number of nitrogens with zero attached hydrogens (tertiary/aromatic N) is 1. The van der Waals surface area contributed by atoms with E-state index in [9.17, 15) is 10.1 Å². The van der Waals surface area contributed by atoms with Crippen LogP contribution >= 0.6 is 0 Å². The first-order valence-corrected chi connectivity index (χ1v) is 6.35. The second-order valence-corrected chi connectivity index (χ2v) is 4.04. The standard InChI is InChI=1S/C13H20N2O4/c1-3-4-5-18-6-7-19-13-9-11(14-2)8-12(10-13)15(16)17/h8-10,14H,3-7H2,1-2H3. The van der Waals surface area contributed by atoms with Crippen molar-refractivity contribution in [3.05, 3.63) is 28.3 Å². The van der Waals surface area contributed by atoms with E-state index in [1.807, 2.05) is 0 Å². The van der Waals surface area contributed by atoms with Gasteiger partial charge in [-0.05, 0) is 6.42 Å². The van der Waals surface area contributed by atoms with Crippen molar-refractivity contribution in [1.82, 2.24) is 0 Å². The Hall–Kier alpha value is -1.82. The first-order valence-electron chi connectivity index (χ1n) is 6.35. The minimum Gasteiger partial charge on any atom is -0.491 e. The van der Waals surface area contributed by atoms with E-state index in [0.717, 1.165) is 19.4 Å². The molecule has 106 valence electrons. The van der Waals surface area contributed by atoms with E-state index in [-0.39, 0.29) is 5.69 Å². The Labute approximate surface area is 112 Å². The highest BCUT2D eigenvalue weighted by Crippen LogP contribution is 2.25. The maximum atomic E-state index is 10.8. The average molecular weight is 268 g/mol. The number of non-ortho nitro benzene ring substituents is 1. The van der Waals surface area contributed by atoms with Crippen molar-refractivity contribution < 1.29 is 14.4 Å². The van der Waals surface area contributed by atoms with Gasteiger partial charge in [-0.1, -0.05) is 13.3 Å². The van der Waals surface area contributed by atoms with Gasteiger partial charge in [-0.15, -0.1) is 0 Å². The van der Waals surface area contributed by atoms with Crippen molar-refractivity contribution in [2.45, 2.75) is 19.8 Å². The van der Waals surface area contributed by atoms with Crippen LogP contribution in [0, 0.1) is 10.1 Å². The highest BCUT2D eigenvalue weighted by atomic mass is 16.6. The van der Waals surface area contributed by atoms with E-state index < -0.39 is 4.92 Å². The van der Waals surface area contributed by atoms with Gasteiger partial charge in [0.05, 0.1) is 17.6 Å². The van der Waals surface area contributed by atoms with Crippen molar-refractivity contribution in [3.8, 4) is 5.75 Å². The Kier molecular flexibility index (Phi) is 6.67. The topological polar surface area (TPSA) is 73.6 Å². The number of hydrogen-bond donors (Lipinski definition) is 1. The first kappa shape index (κ1) is 15.2. The Morgan fingerprint density at radius 1 is 1.26 bits per heavy atom. The molecule has 0 atom stereocenters. The van der Waals surface area contributed by atoms with E-state index in [1.165, 1.54) is 12.1 Å². The number of unbranched alkanes of at least 4 members (excludes halogenated alkanes) is 1. The molecule has 1 aromatic carbocycles. The smallest absolute Gasteiger partial charge is 0.275 e. The number of nitro benzene ring substituents is 1. The summed E-state index contributed by atoms with van der Waals surface area (Å²) in [6.45, 7) is 3.68. The second-order valence-electron chi connectivity index (χ2n) is 4.04. The summed E-state index contributed by atoms with van der Waals surface area (Å²) in [5, 5.41) is 13.6. The minimum absolute atomic E-state index is 0.00810. The number of hydrogen-bond acceptors (Lipinski definition) is 5. The van der Waals surface area contributed by atoms with E-state index >= 15 is 0 Å². The fraction of sp³-hybridized carbons (Fsp3) is 0.538. The average Bonchev–Trinajstić information content (AvgIpc) is 2.42. The van der Waals surface area contributed by atoms with E-state index in [4.69, 9.17) is 9.47 Å². The maximum Gasteiger partial charge on any atom is 0.275 e. The summed E-state index contributed by atoms with van der Waals surface area (Å²) in [6.07, 6.45) is 2.12. The van der Waals surface area contributed by atoms with Crippen LogP contribution in [0.2, 0.25) is 0 Å². The molecular weight excluding hydrogens is 248 g/mol. The highest BCUT2D eigenvalue weighted by Gasteiger charge is 2.09. The molecule has 6 heteroatoms. The van der Waals surface area contributed by atoms with Crippen LogP contribution in [-0.2, 0) is 4.74 Å². The number of benzene rings is 1. The van der Waals surface area contributed by atoms with Crippen LogP contribution in [0.3, 0.4) is 0 Å². The zero-order valence-corrected chi connectivity index (χ0v) is 11.3. The van der Waals surface area contributed by atoms with Gasteiger partial charge in [0.15, 0.2) is 0 Å². The number of nitrogens with one attached hydrogen (secondary N) is 1. The maximum absolute atomic E-state index is 10.8. The van der Waals surface area contributed by atoms with Crippen LogP contribution in [-0.4, -0.2) is 31.8 Å². The van der Waals surface area contributed by atoms with Gasteiger partial charge >= 0.3 is 0 Å². The van der Waals surface area contributed by atoms with Crippen molar-refractivity contribution in [2.75, 3.05) is 32.2 Å². The van der Waals surface area contributed by atoms with Crippen LogP contribution in [0.25, 0.3) is 0 Å². The predicted molar refractivity (Wildman–Crippen MR) is 73.9 cm³/mol. The Morgan fingerprint density at radius 2 is 2.05 bits per heavy atom. The number of anilines is 1. The second kappa shape index (κ2) is 8.31. The summed E-state index contributed by atoms with van der Waals surface area (Å²) >= 11 is 0. The van der Waals surface area contributed by atoms with E-state index in [0.29, 0.717) is 24.7 Å². The summed E-state index contributed by atoms with van der Waals surface area (Å²) in [5.74, 6) is 0.470. The van der Waals surface area contributed by atoms with Gasteiger partial charge in [-0.3, -0.25) is 10.1 Å². The number of rotatable bonds is 9. The summed E-state index contributed by atoms with van der Waals surface area (Å²) in [6, 6.07) is 4.59. The molecule has 0 amide bonds. The van der Waals surface area contributed by atoms with Crippen molar-refractivity contribution in [3.63, 3.8) is 0 Å². The lowest BCUT2D eigenvalue weighted by Crippen LogP contribution is -2.07. The normalized spacial score (nSPS) is 10.2. The molecule has 0 radical (unpaired) electrons. The van der Waals surface area contributed by atoms with Crippen LogP contribution in [0.5, 0.6) is 5.75 Å². The Bertz CT molecular complexity index is 410. The number of nitro groups is 1. The van der Waals surface area contributed by atoms with Crippen molar-refractivity contribution in [2.24, 2.45) is 0 Å². The molecule has 0 aromatic heterocycles. The van der Waals surface area contributed by atoms with Crippen LogP contribution < -0.4 is 10.1 Å². The van der Waals surface area contributed by atoms with E-state index in [2.05, 4.69) is 12.2 Å². The monoisotopic (exact) mass is 268 g/mol. The minimum atomic E-state index is -0.439. The third-order valence-corrected chi connectivity index (χ3v) is 2.53. The van der Waals surface area contributed by atoms with Crippen LogP contribution in [0.1, 0.15) is 19.8 Å². The highest BCUT2D eigenvalue weighted by molar-refractivity contribution is 5.55. The van der Waals surface area contributed by atoms with Gasteiger partial charge in [0.1, 0.15) is 12.4 Å². The summed E-state index contributed by atoms with van der Waals surface area (Å²) < 4.78 is 10.8. The first-order chi connectivity index (χ1) is 9.17. The number of ether oxygens (including phenoxy) is 2. The van der Waals surface area contributed by atoms with Gasteiger partial charge in [0.2, 0.25) is 0 Å². The zero-order chi connectivity index (χ0) is 14.1. The lowest BCUT2D eigenvalue weighted by atomic mass is 10.2. The fourth-order valence-electron chi connectivity index (χ4n) is 1.48. The molecule has 0 aliphatic carbocycles. The lowest BCUT2D eigenvalue weighted by molar-refractivity contribution is -0.384. The van der Waals surface area contributed by atoms with Crippen molar-refractivity contribution >= 4 is 11.4 Å². The molecule has 6 nitrogen and oxygen atoms in total. The molecule has 0 saturated carbocycles. The van der Waals surface area contributed by atoms with Crippen LogP contribution in [0.15, 0.2) is 18.2 Å². The molecule has 0 aliphatic heterocycles. The molecule has 19 heavy (non-hydrogen) atoms. The summed E-state index contributed by atoms with van der Waals surface area (Å²) in [5.41, 5.74) is 0.657. The molecule has 0 spiro atoms. The van der Waals surface area contributed by atoms with Gasteiger partial charge < -0.3 is 14.8 Å². The molecule has 0 saturated heterocycles. The SMILES string of the molecule is CCCCOCCOc1cc(NC)cc([N+](=O)[O-])c1. The molecule has 0 unspecified atom stereocenters. The molecule has 1 rings (SSSR count). The summed E-state index contributed by atoms with van der Waals surface area (Å²) in [7, 11) is 1.71. The van der Waals surface area contributed by atoms with Gasteiger partial charge in [-0.2, -0.15) is 0 Å². The third kappa shape index (κ3) is 5.56. The quantitative estimate of drug-likeness (QED) is 0.423. The van der Waals surface area contributed by atoms with Crippen LogP contribution in [0.4, 0.5) is 11.4 Å². The van der Waals surface area contributed by atoms with Gasteiger partial charge in [-0.25, -0.2) is 0 Å². The Balaban J connectivity index is 2.48. The molecule has 1 N–H and O–H groups in total. The molecule has 0 aliphatic rings. The Morgan fingerprint density at radius 3 is 2.68 bits per heavy atom. The lowest BCUT2D eigenvalue weighted by Gasteiger charge is -2.08. The third-order valence-electron chi connectivity index (χ3n) is 2.53. The molecule has 0 bridgehead atoms. The molecular formula is C13H20N2O4. The fourth-order valence-corrected chi connectivity index (χ4v) is 1.48. The molecule has 1 aromatic rings. The van der Waals surface area contributed by atoms with Gasteiger partial charge in [0, 0.05) is 31.5 Å². The largest absolute Gasteiger partial charge is 0.491 e. The zero-order valence-electron chi connectivity index (χ0n) is 11.3. The predicted octanol–water partition coefficient (Wildman–Crippen LogP) is 2.83.